The highest BCUT2D eigenvalue weighted by Gasteiger charge is 2.15. The van der Waals surface area contributed by atoms with Crippen molar-refractivity contribution in [1.82, 2.24) is 14.8 Å². The maximum absolute atomic E-state index is 12.4. The van der Waals surface area contributed by atoms with Crippen LogP contribution in [0.25, 0.3) is 11.4 Å². The van der Waals surface area contributed by atoms with Gasteiger partial charge in [0.15, 0.2) is 11.0 Å². The molecule has 1 heterocycles. The van der Waals surface area contributed by atoms with Gasteiger partial charge in [0, 0.05) is 18.3 Å². The number of carbonyl (C=O) groups excluding carboxylic acids is 1. The summed E-state index contributed by atoms with van der Waals surface area (Å²) in [5, 5.41) is 12.7. The van der Waals surface area contributed by atoms with E-state index in [1.165, 1.54) is 17.3 Å². The number of rotatable bonds is 5. The van der Waals surface area contributed by atoms with E-state index in [0.29, 0.717) is 16.0 Å². The number of anilines is 1. The number of nitrogens with one attached hydrogen (secondary N) is 1. The van der Waals surface area contributed by atoms with Crippen molar-refractivity contribution in [3.63, 3.8) is 0 Å². The quantitative estimate of drug-likeness (QED) is 0.625. The van der Waals surface area contributed by atoms with Crippen molar-refractivity contribution in [3.8, 4) is 11.4 Å². The lowest BCUT2D eigenvalue weighted by molar-refractivity contribution is -0.113. The number of carbonyl (C=O) groups is 1. The van der Waals surface area contributed by atoms with Gasteiger partial charge in [0.25, 0.3) is 0 Å². The molecule has 140 valence electrons. The molecular weight excluding hydrogens is 380 g/mol. The molecule has 7 heteroatoms. The normalized spacial score (nSPS) is 10.9. The van der Waals surface area contributed by atoms with Crippen molar-refractivity contribution in [2.75, 3.05) is 11.1 Å². The molecule has 0 aliphatic carbocycles. The molecule has 0 spiro atoms. The fraction of sp³-hybridized carbons (Fsp3) is 0.250. The summed E-state index contributed by atoms with van der Waals surface area (Å²) in [4.78, 5) is 12.4. The van der Waals surface area contributed by atoms with Gasteiger partial charge in [-0.05, 0) is 44.0 Å². The molecule has 3 rings (SSSR count). The number of hydrogen-bond acceptors (Lipinski definition) is 4. The second-order valence-corrected chi connectivity index (χ2v) is 7.81. The highest BCUT2D eigenvalue weighted by atomic mass is 35.5. The van der Waals surface area contributed by atoms with Crippen molar-refractivity contribution in [1.29, 1.82) is 0 Å². The van der Waals surface area contributed by atoms with Crippen LogP contribution in [0.15, 0.2) is 41.6 Å². The molecule has 0 bridgehead atoms. The minimum atomic E-state index is -0.0719. The number of halogens is 1. The summed E-state index contributed by atoms with van der Waals surface area (Å²) >= 11 is 7.59. The monoisotopic (exact) mass is 400 g/mol. The largest absolute Gasteiger partial charge is 0.325 e. The van der Waals surface area contributed by atoms with Gasteiger partial charge < -0.3 is 9.88 Å². The van der Waals surface area contributed by atoms with Crippen LogP contribution in [0, 0.1) is 20.8 Å². The molecule has 1 aromatic heterocycles. The maximum Gasteiger partial charge on any atom is 0.234 e. The van der Waals surface area contributed by atoms with E-state index in [4.69, 9.17) is 11.6 Å². The van der Waals surface area contributed by atoms with Crippen LogP contribution in [0.3, 0.4) is 0 Å². The van der Waals surface area contributed by atoms with E-state index < -0.39 is 0 Å². The summed E-state index contributed by atoms with van der Waals surface area (Å²) in [6.45, 7) is 6.05. The van der Waals surface area contributed by atoms with Gasteiger partial charge in [-0.15, -0.1) is 10.2 Å². The van der Waals surface area contributed by atoms with Crippen LogP contribution in [-0.2, 0) is 11.8 Å². The van der Waals surface area contributed by atoms with Crippen molar-refractivity contribution < 1.29 is 4.79 Å². The predicted molar refractivity (Wildman–Crippen MR) is 111 cm³/mol. The zero-order valence-corrected chi connectivity index (χ0v) is 17.3. The van der Waals surface area contributed by atoms with E-state index in [1.54, 1.807) is 0 Å². The van der Waals surface area contributed by atoms with Gasteiger partial charge in [0.1, 0.15) is 0 Å². The lowest BCUT2D eigenvalue weighted by Crippen LogP contribution is -2.16. The summed E-state index contributed by atoms with van der Waals surface area (Å²) in [5.41, 5.74) is 5.00. The van der Waals surface area contributed by atoms with Crippen molar-refractivity contribution in [3.05, 3.63) is 58.1 Å². The third-order valence-electron chi connectivity index (χ3n) is 4.22. The summed E-state index contributed by atoms with van der Waals surface area (Å²) in [6, 6.07) is 11.6. The number of benzene rings is 2. The third kappa shape index (κ3) is 4.34. The molecule has 2 aromatic carbocycles. The maximum atomic E-state index is 12.4. The number of aromatic nitrogens is 3. The van der Waals surface area contributed by atoms with Crippen LogP contribution >= 0.6 is 23.4 Å². The molecule has 27 heavy (non-hydrogen) atoms. The molecule has 0 unspecified atom stereocenters. The van der Waals surface area contributed by atoms with Crippen LogP contribution in [0.4, 0.5) is 5.69 Å². The van der Waals surface area contributed by atoms with E-state index in [-0.39, 0.29) is 11.7 Å². The van der Waals surface area contributed by atoms with Gasteiger partial charge in [0.05, 0.1) is 10.8 Å². The lowest BCUT2D eigenvalue weighted by Gasteiger charge is -2.12. The van der Waals surface area contributed by atoms with Crippen LogP contribution in [0.5, 0.6) is 0 Å². The van der Waals surface area contributed by atoms with Gasteiger partial charge in [-0.1, -0.05) is 53.2 Å². The minimum absolute atomic E-state index is 0.0719. The molecule has 0 atom stereocenters. The summed E-state index contributed by atoms with van der Waals surface area (Å²) in [7, 11) is 1.87. The molecule has 0 saturated heterocycles. The Morgan fingerprint density at radius 3 is 2.48 bits per heavy atom. The third-order valence-corrected chi connectivity index (χ3v) is 5.57. The smallest absolute Gasteiger partial charge is 0.234 e. The average molecular weight is 401 g/mol. The Balaban J connectivity index is 1.69. The number of hydrogen-bond donors (Lipinski definition) is 1. The van der Waals surface area contributed by atoms with Gasteiger partial charge in [0.2, 0.25) is 5.91 Å². The molecule has 0 radical (unpaired) electrons. The molecule has 0 aliphatic heterocycles. The lowest BCUT2D eigenvalue weighted by atomic mass is 10.1. The van der Waals surface area contributed by atoms with Crippen LogP contribution in [0.2, 0.25) is 5.02 Å². The van der Waals surface area contributed by atoms with E-state index in [9.17, 15) is 4.79 Å². The molecule has 1 amide bonds. The topological polar surface area (TPSA) is 59.8 Å². The first-order chi connectivity index (χ1) is 12.9. The first kappa shape index (κ1) is 19.5. The highest BCUT2D eigenvalue weighted by molar-refractivity contribution is 7.99. The van der Waals surface area contributed by atoms with Gasteiger partial charge in [-0.3, -0.25) is 4.79 Å². The first-order valence-electron chi connectivity index (χ1n) is 8.51. The van der Waals surface area contributed by atoms with Gasteiger partial charge >= 0.3 is 0 Å². The summed E-state index contributed by atoms with van der Waals surface area (Å²) in [6.07, 6.45) is 0. The molecule has 0 aliphatic rings. The molecular formula is C20H21ClN4OS. The van der Waals surface area contributed by atoms with E-state index in [0.717, 1.165) is 22.4 Å². The molecule has 5 nitrogen and oxygen atoms in total. The second kappa shape index (κ2) is 8.15. The Labute approximate surface area is 168 Å². The Hall–Kier alpha value is -2.31. The van der Waals surface area contributed by atoms with Crippen LogP contribution in [-0.4, -0.2) is 26.4 Å². The molecule has 0 fully saturated rings. The summed E-state index contributed by atoms with van der Waals surface area (Å²) in [5.74, 6) is 0.854. The number of aryl methyl sites for hydroxylation is 3. The second-order valence-electron chi connectivity index (χ2n) is 6.46. The van der Waals surface area contributed by atoms with Crippen molar-refractivity contribution in [2.45, 2.75) is 25.9 Å². The fourth-order valence-corrected chi connectivity index (χ4v) is 3.93. The zero-order valence-electron chi connectivity index (χ0n) is 15.7. The van der Waals surface area contributed by atoms with Gasteiger partial charge in [-0.2, -0.15) is 0 Å². The zero-order chi connectivity index (χ0) is 19.6. The molecule has 3 aromatic rings. The average Bonchev–Trinajstić information content (AvgIpc) is 2.97. The molecule has 0 saturated carbocycles. The highest BCUT2D eigenvalue weighted by Crippen LogP contribution is 2.28. The van der Waals surface area contributed by atoms with Gasteiger partial charge in [-0.25, -0.2) is 0 Å². The van der Waals surface area contributed by atoms with E-state index in [2.05, 4.69) is 27.6 Å². The van der Waals surface area contributed by atoms with E-state index >= 15 is 0 Å². The SMILES string of the molecule is Cc1cc(C)c(NC(=O)CSc2nnc(-c3ccccc3Cl)n2C)c(C)c1. The number of nitrogens with zero attached hydrogens (tertiary/aromatic N) is 3. The summed E-state index contributed by atoms with van der Waals surface area (Å²) < 4.78 is 1.85. The standard InChI is InChI=1S/C20H21ClN4OS/c1-12-9-13(2)18(14(3)10-12)22-17(26)11-27-20-24-23-19(25(20)4)15-7-5-6-8-16(15)21/h5-10H,11H2,1-4H3,(H,22,26). The Kier molecular flexibility index (Phi) is 5.87. The minimum Gasteiger partial charge on any atom is -0.325 e. The Morgan fingerprint density at radius 1 is 1.15 bits per heavy atom. The van der Waals surface area contributed by atoms with Crippen LogP contribution < -0.4 is 5.32 Å². The van der Waals surface area contributed by atoms with E-state index in [1.807, 2.05) is 56.7 Å². The number of amides is 1. The fourth-order valence-electron chi connectivity index (χ4n) is 3.00. The van der Waals surface area contributed by atoms with Crippen molar-refractivity contribution >= 4 is 35.0 Å². The van der Waals surface area contributed by atoms with Crippen LogP contribution in [0.1, 0.15) is 16.7 Å². The number of thioether (sulfide) groups is 1. The first-order valence-corrected chi connectivity index (χ1v) is 9.88. The van der Waals surface area contributed by atoms with Crippen molar-refractivity contribution in [2.24, 2.45) is 7.05 Å². The Morgan fingerprint density at radius 2 is 1.81 bits per heavy atom. The Bertz CT molecular complexity index is 976. The predicted octanol–water partition coefficient (Wildman–Crippen LogP) is 4.79. The molecule has 1 N–H and O–H groups in total.